The molecule has 0 amide bonds. The maximum Gasteiger partial charge on any atom is 0.320 e. The second-order valence-corrected chi connectivity index (χ2v) is 2.97. The van der Waals surface area contributed by atoms with Crippen LogP contribution in [0.1, 0.15) is 5.56 Å². The van der Waals surface area contributed by atoms with Crippen LogP contribution in [0, 0.1) is 5.82 Å². The first-order valence-corrected chi connectivity index (χ1v) is 3.96. The average Bonchev–Trinajstić information content (AvgIpc) is 2.01. The van der Waals surface area contributed by atoms with E-state index in [0.717, 1.165) is 12.1 Å². The number of carboxylic acid groups (broad SMARTS) is 1. The highest BCUT2D eigenvalue weighted by Crippen LogP contribution is 2.15. The van der Waals surface area contributed by atoms with E-state index in [-0.39, 0.29) is 24.6 Å². The molecule has 1 rings (SSSR count). The number of aromatic hydroxyl groups is 1. The lowest BCUT2D eigenvalue weighted by Crippen LogP contribution is -2.32. The molecule has 0 aliphatic carbocycles. The van der Waals surface area contributed by atoms with E-state index >= 15 is 0 Å². The number of carbonyl (C=O) groups is 1. The summed E-state index contributed by atoms with van der Waals surface area (Å²) < 4.78 is 12.7. The summed E-state index contributed by atoms with van der Waals surface area (Å²) in [6.07, 6.45) is -0.0132. The van der Waals surface area contributed by atoms with Crippen molar-refractivity contribution in [3.63, 3.8) is 0 Å². The minimum atomic E-state index is -1.16. The van der Waals surface area contributed by atoms with Crippen molar-refractivity contribution in [2.45, 2.75) is 12.5 Å². The quantitative estimate of drug-likeness (QED) is 0.727. The Labute approximate surface area is 91.9 Å². The zero-order valence-electron chi connectivity index (χ0n) is 7.68. The number of benzene rings is 1. The molecule has 6 heteroatoms. The minimum absolute atomic E-state index is 0. The average molecular weight is 236 g/mol. The molecule has 4 nitrogen and oxygen atoms in total. The van der Waals surface area contributed by atoms with Gasteiger partial charge in [0.15, 0.2) is 0 Å². The van der Waals surface area contributed by atoms with Gasteiger partial charge < -0.3 is 15.9 Å². The number of hydrogen-bond acceptors (Lipinski definition) is 3. The molecule has 1 atom stereocenters. The summed E-state index contributed by atoms with van der Waals surface area (Å²) >= 11 is 0. The van der Waals surface area contributed by atoms with Gasteiger partial charge in [-0.2, -0.15) is 0 Å². The first-order valence-electron chi connectivity index (χ1n) is 3.96. The number of phenolic OH excluding ortho intramolecular Hbond substituents is 1. The number of nitrogens with two attached hydrogens (primary N) is 1. The van der Waals surface area contributed by atoms with Crippen molar-refractivity contribution in [1.29, 1.82) is 0 Å². The van der Waals surface area contributed by atoms with Crippen LogP contribution >= 0.6 is 12.4 Å². The first-order chi connectivity index (χ1) is 6.49. The van der Waals surface area contributed by atoms with E-state index in [0.29, 0.717) is 5.56 Å². The number of rotatable bonds is 3. The van der Waals surface area contributed by atoms with Crippen molar-refractivity contribution in [2.24, 2.45) is 5.73 Å². The Morgan fingerprint density at radius 2 is 2.07 bits per heavy atom. The third-order valence-corrected chi connectivity index (χ3v) is 1.72. The van der Waals surface area contributed by atoms with E-state index in [2.05, 4.69) is 0 Å². The molecular formula is C9H11ClFNO3. The van der Waals surface area contributed by atoms with E-state index in [4.69, 9.17) is 15.9 Å². The summed E-state index contributed by atoms with van der Waals surface area (Å²) in [7, 11) is 0. The van der Waals surface area contributed by atoms with Gasteiger partial charge in [0.2, 0.25) is 0 Å². The fraction of sp³-hybridized carbons (Fsp3) is 0.222. The Kier molecular flexibility index (Phi) is 5.04. The number of phenols is 1. The molecule has 0 aromatic heterocycles. The van der Waals surface area contributed by atoms with Gasteiger partial charge in [-0.1, -0.05) is 0 Å². The van der Waals surface area contributed by atoms with E-state index in [9.17, 15) is 9.18 Å². The van der Waals surface area contributed by atoms with Gasteiger partial charge in [-0.15, -0.1) is 12.4 Å². The van der Waals surface area contributed by atoms with Crippen LogP contribution < -0.4 is 5.73 Å². The van der Waals surface area contributed by atoms with Gasteiger partial charge in [0.25, 0.3) is 0 Å². The second kappa shape index (κ2) is 5.53. The zero-order valence-corrected chi connectivity index (χ0v) is 8.50. The lowest BCUT2D eigenvalue weighted by atomic mass is 10.1. The predicted molar refractivity (Wildman–Crippen MR) is 54.6 cm³/mol. The molecular weight excluding hydrogens is 225 g/mol. The Hall–Kier alpha value is -1.33. The Bertz CT molecular complexity index is 339. The Morgan fingerprint density at radius 3 is 2.53 bits per heavy atom. The number of carboxylic acids is 1. The largest absolute Gasteiger partial charge is 0.508 e. The molecule has 0 aliphatic rings. The van der Waals surface area contributed by atoms with E-state index in [1.54, 1.807) is 0 Å². The number of hydrogen-bond donors (Lipinski definition) is 3. The van der Waals surface area contributed by atoms with Crippen LogP contribution in [0.4, 0.5) is 4.39 Å². The molecule has 0 fully saturated rings. The molecule has 4 N–H and O–H groups in total. The highest BCUT2D eigenvalue weighted by molar-refractivity contribution is 5.85. The van der Waals surface area contributed by atoms with E-state index < -0.39 is 17.8 Å². The van der Waals surface area contributed by atoms with Crippen molar-refractivity contribution in [3.8, 4) is 5.75 Å². The minimum Gasteiger partial charge on any atom is -0.508 e. The SMILES string of the molecule is Cl.N[C@@H](Cc1cc(O)cc(F)c1)C(=O)O. The highest BCUT2D eigenvalue weighted by atomic mass is 35.5. The summed E-state index contributed by atoms with van der Waals surface area (Å²) in [5, 5.41) is 17.5. The maximum atomic E-state index is 12.7. The standard InChI is InChI=1S/C9H10FNO3.ClH/c10-6-1-5(2-7(12)4-6)3-8(11)9(13)14;/h1-2,4,8,12H,3,11H2,(H,13,14);1H/t8-;/m0./s1. The Morgan fingerprint density at radius 1 is 1.47 bits per heavy atom. The van der Waals surface area contributed by atoms with Gasteiger partial charge in [0.1, 0.15) is 17.6 Å². The summed E-state index contributed by atoms with van der Waals surface area (Å²) in [5.41, 5.74) is 5.60. The van der Waals surface area contributed by atoms with Crippen molar-refractivity contribution in [3.05, 3.63) is 29.6 Å². The normalized spacial score (nSPS) is 11.6. The predicted octanol–water partition coefficient (Wildman–Crippen LogP) is 0.908. The first kappa shape index (κ1) is 13.7. The van der Waals surface area contributed by atoms with Gasteiger partial charge in [-0.05, 0) is 24.1 Å². The van der Waals surface area contributed by atoms with Crippen LogP contribution in [-0.2, 0) is 11.2 Å². The summed E-state index contributed by atoms with van der Waals surface area (Å²) in [4.78, 5) is 10.4. The monoisotopic (exact) mass is 235 g/mol. The molecule has 0 spiro atoms. The van der Waals surface area contributed by atoms with Crippen LogP contribution in [0.5, 0.6) is 5.75 Å². The maximum absolute atomic E-state index is 12.7. The number of aliphatic carboxylic acids is 1. The Balaban J connectivity index is 0.00000196. The van der Waals surface area contributed by atoms with Gasteiger partial charge in [0, 0.05) is 6.07 Å². The van der Waals surface area contributed by atoms with Gasteiger partial charge in [-0.25, -0.2) is 4.39 Å². The van der Waals surface area contributed by atoms with Crippen LogP contribution in [0.3, 0.4) is 0 Å². The lowest BCUT2D eigenvalue weighted by molar-refractivity contribution is -0.138. The van der Waals surface area contributed by atoms with Crippen LogP contribution in [0.25, 0.3) is 0 Å². The number of halogens is 2. The molecule has 0 heterocycles. The molecule has 0 aliphatic heterocycles. The third kappa shape index (κ3) is 4.14. The van der Waals surface area contributed by atoms with Crippen molar-refractivity contribution in [1.82, 2.24) is 0 Å². The van der Waals surface area contributed by atoms with Crippen molar-refractivity contribution >= 4 is 18.4 Å². The smallest absolute Gasteiger partial charge is 0.320 e. The molecule has 0 radical (unpaired) electrons. The van der Waals surface area contributed by atoms with Crippen LogP contribution in [-0.4, -0.2) is 22.2 Å². The fourth-order valence-electron chi connectivity index (χ4n) is 1.09. The van der Waals surface area contributed by atoms with Crippen molar-refractivity contribution < 1.29 is 19.4 Å². The van der Waals surface area contributed by atoms with Crippen LogP contribution in [0.15, 0.2) is 18.2 Å². The van der Waals surface area contributed by atoms with E-state index in [1.165, 1.54) is 6.07 Å². The molecule has 0 bridgehead atoms. The zero-order chi connectivity index (χ0) is 10.7. The van der Waals surface area contributed by atoms with Crippen LogP contribution in [0.2, 0.25) is 0 Å². The van der Waals surface area contributed by atoms with Gasteiger partial charge in [0.05, 0.1) is 0 Å². The summed E-state index contributed by atoms with van der Waals surface area (Å²) in [6.45, 7) is 0. The topological polar surface area (TPSA) is 83.5 Å². The molecule has 1 aromatic rings. The fourth-order valence-corrected chi connectivity index (χ4v) is 1.09. The van der Waals surface area contributed by atoms with Crippen molar-refractivity contribution in [2.75, 3.05) is 0 Å². The molecule has 84 valence electrons. The second-order valence-electron chi connectivity index (χ2n) is 2.97. The molecule has 1 aromatic carbocycles. The molecule has 0 unspecified atom stereocenters. The van der Waals surface area contributed by atoms with Gasteiger partial charge >= 0.3 is 5.97 Å². The molecule has 0 saturated heterocycles. The summed E-state index contributed by atoms with van der Waals surface area (Å²) in [6, 6.07) is 2.28. The summed E-state index contributed by atoms with van der Waals surface area (Å²) in [5.74, 6) is -2.01. The molecule has 0 saturated carbocycles. The third-order valence-electron chi connectivity index (χ3n) is 1.72. The van der Waals surface area contributed by atoms with E-state index in [1.807, 2.05) is 0 Å². The molecule has 15 heavy (non-hydrogen) atoms. The highest BCUT2D eigenvalue weighted by Gasteiger charge is 2.12. The van der Waals surface area contributed by atoms with Gasteiger partial charge in [-0.3, -0.25) is 4.79 Å². The lowest BCUT2D eigenvalue weighted by Gasteiger charge is -2.06.